The van der Waals surface area contributed by atoms with Gasteiger partial charge in [-0.25, -0.2) is 0 Å². The molecule has 0 aliphatic rings. The van der Waals surface area contributed by atoms with Gasteiger partial charge in [0.15, 0.2) is 11.4 Å². The fraction of sp³-hybridized carbons (Fsp3) is 0.263. The van der Waals surface area contributed by atoms with E-state index >= 15 is 0 Å². The molecule has 0 atom stereocenters. The van der Waals surface area contributed by atoms with Gasteiger partial charge < -0.3 is 9.30 Å². The average molecular weight is 340 g/mol. The van der Waals surface area contributed by atoms with E-state index in [2.05, 4.69) is 31.0 Å². The molecule has 0 aliphatic heterocycles. The Morgan fingerprint density at radius 1 is 1.12 bits per heavy atom. The number of para-hydroxylation sites is 1. The number of carbonyl (C=O) groups is 1. The van der Waals surface area contributed by atoms with Gasteiger partial charge in [-0.1, -0.05) is 29.5 Å². The molecule has 0 N–H and O–H groups in total. The molecule has 3 aromatic rings. The summed E-state index contributed by atoms with van der Waals surface area (Å²) in [6.45, 7) is 6.07. The van der Waals surface area contributed by atoms with Crippen LogP contribution in [0.15, 0.2) is 41.4 Å². The topological polar surface area (TPSA) is 43.6 Å². The van der Waals surface area contributed by atoms with E-state index in [-0.39, 0.29) is 12.5 Å². The zero-order valence-electron chi connectivity index (χ0n) is 14.3. The molecule has 0 spiro atoms. The fourth-order valence-corrected chi connectivity index (χ4v) is 3.60. The van der Waals surface area contributed by atoms with Crippen LogP contribution in [0.4, 0.5) is 0 Å². The van der Waals surface area contributed by atoms with Crippen LogP contribution in [0.5, 0.6) is 5.75 Å². The van der Waals surface area contributed by atoms with E-state index in [1.807, 2.05) is 42.8 Å². The molecule has 0 radical (unpaired) electrons. The van der Waals surface area contributed by atoms with Crippen LogP contribution in [-0.2, 0) is 11.8 Å². The number of benzene rings is 2. The highest BCUT2D eigenvalue weighted by Gasteiger charge is 2.08. The van der Waals surface area contributed by atoms with Crippen molar-refractivity contribution < 1.29 is 9.53 Å². The van der Waals surface area contributed by atoms with Crippen molar-refractivity contribution in [2.24, 2.45) is 12.0 Å². The van der Waals surface area contributed by atoms with E-state index < -0.39 is 0 Å². The van der Waals surface area contributed by atoms with Crippen LogP contribution in [0.25, 0.3) is 10.2 Å². The van der Waals surface area contributed by atoms with Crippen LogP contribution in [0, 0.1) is 20.8 Å². The molecule has 0 saturated carbocycles. The second kappa shape index (κ2) is 6.61. The molecule has 1 heterocycles. The van der Waals surface area contributed by atoms with Crippen molar-refractivity contribution >= 4 is 27.5 Å². The molecule has 4 nitrogen and oxygen atoms in total. The Bertz CT molecular complexity index is 983. The molecule has 2 aromatic carbocycles. The zero-order valence-corrected chi connectivity index (χ0v) is 15.1. The predicted octanol–water partition coefficient (Wildman–Crippen LogP) is 3.67. The summed E-state index contributed by atoms with van der Waals surface area (Å²) in [5, 5.41) is 0. The number of amides is 1. The fourth-order valence-electron chi connectivity index (χ4n) is 2.48. The van der Waals surface area contributed by atoms with Crippen molar-refractivity contribution in [2.75, 3.05) is 6.61 Å². The molecular weight excluding hydrogens is 320 g/mol. The van der Waals surface area contributed by atoms with E-state index in [1.54, 1.807) is 0 Å². The molecule has 5 heteroatoms. The monoisotopic (exact) mass is 340 g/mol. The number of hydrogen-bond donors (Lipinski definition) is 0. The summed E-state index contributed by atoms with van der Waals surface area (Å²) in [7, 11) is 1.93. The van der Waals surface area contributed by atoms with E-state index in [0.29, 0.717) is 10.6 Å². The second-order valence-electron chi connectivity index (χ2n) is 5.91. The zero-order chi connectivity index (χ0) is 17.3. The number of aryl methyl sites for hydroxylation is 4. The maximum absolute atomic E-state index is 12.2. The summed E-state index contributed by atoms with van der Waals surface area (Å²) < 4.78 is 8.66. The largest absolute Gasteiger partial charge is 0.483 e. The molecule has 0 bridgehead atoms. The molecule has 0 unspecified atom stereocenters. The quantitative estimate of drug-likeness (QED) is 0.730. The minimum absolute atomic E-state index is 0.0584. The average Bonchev–Trinajstić information content (AvgIpc) is 2.83. The maximum atomic E-state index is 12.2. The first kappa shape index (κ1) is 16.5. The molecule has 124 valence electrons. The Morgan fingerprint density at radius 3 is 2.58 bits per heavy atom. The summed E-state index contributed by atoms with van der Waals surface area (Å²) in [5.74, 6) is 0.432. The third kappa shape index (κ3) is 3.26. The summed E-state index contributed by atoms with van der Waals surface area (Å²) in [6, 6.07) is 11.9. The van der Waals surface area contributed by atoms with Crippen molar-refractivity contribution in [1.29, 1.82) is 0 Å². The Hall–Kier alpha value is -2.40. The van der Waals surface area contributed by atoms with Gasteiger partial charge in [0.25, 0.3) is 5.91 Å². The van der Waals surface area contributed by atoms with E-state index in [0.717, 1.165) is 15.8 Å². The Kier molecular flexibility index (Phi) is 4.53. The number of rotatable bonds is 3. The maximum Gasteiger partial charge on any atom is 0.286 e. The van der Waals surface area contributed by atoms with Crippen LogP contribution < -0.4 is 9.54 Å². The second-order valence-corrected chi connectivity index (χ2v) is 6.92. The van der Waals surface area contributed by atoms with Gasteiger partial charge in [0.1, 0.15) is 5.75 Å². The van der Waals surface area contributed by atoms with Gasteiger partial charge >= 0.3 is 0 Å². The summed E-state index contributed by atoms with van der Waals surface area (Å²) in [6.07, 6.45) is 0. The third-order valence-electron chi connectivity index (χ3n) is 4.09. The van der Waals surface area contributed by atoms with Crippen molar-refractivity contribution in [3.63, 3.8) is 0 Å². The number of hydrogen-bond acceptors (Lipinski definition) is 3. The number of aromatic nitrogens is 1. The number of fused-ring (bicyclic) bond motifs is 1. The smallest absolute Gasteiger partial charge is 0.286 e. The predicted molar refractivity (Wildman–Crippen MR) is 97.5 cm³/mol. The van der Waals surface area contributed by atoms with Crippen LogP contribution in [0.1, 0.15) is 16.7 Å². The first-order chi connectivity index (χ1) is 11.5. The lowest BCUT2D eigenvalue weighted by Gasteiger charge is -2.05. The van der Waals surface area contributed by atoms with Gasteiger partial charge in [0.2, 0.25) is 0 Å². The van der Waals surface area contributed by atoms with Crippen molar-refractivity contribution in [1.82, 2.24) is 4.57 Å². The van der Waals surface area contributed by atoms with Gasteiger partial charge in [-0.15, -0.1) is 0 Å². The van der Waals surface area contributed by atoms with Gasteiger partial charge in [-0.3, -0.25) is 4.79 Å². The number of carbonyl (C=O) groups excluding carboxylic acids is 1. The normalized spacial score (nSPS) is 11.9. The van der Waals surface area contributed by atoms with E-state index in [4.69, 9.17) is 4.74 Å². The van der Waals surface area contributed by atoms with E-state index in [1.165, 1.54) is 22.5 Å². The standard InChI is InChI=1S/C19H20N2O2S/c1-12-7-5-6-8-16(12)23-11-18(22)20-19-21(4)15-9-13(2)14(3)10-17(15)24-19/h5-10H,11H2,1-4H3. The number of thiazole rings is 1. The van der Waals surface area contributed by atoms with Crippen LogP contribution in [0.2, 0.25) is 0 Å². The summed E-state index contributed by atoms with van der Waals surface area (Å²) >= 11 is 1.52. The minimum Gasteiger partial charge on any atom is -0.483 e. The molecule has 1 amide bonds. The highest BCUT2D eigenvalue weighted by Crippen LogP contribution is 2.21. The Balaban J connectivity index is 1.85. The molecule has 24 heavy (non-hydrogen) atoms. The molecule has 3 rings (SSSR count). The number of nitrogens with zero attached hydrogens (tertiary/aromatic N) is 2. The first-order valence-electron chi connectivity index (χ1n) is 7.78. The van der Waals surface area contributed by atoms with Gasteiger partial charge in [0, 0.05) is 7.05 Å². The lowest BCUT2D eigenvalue weighted by atomic mass is 10.1. The molecular formula is C19H20N2O2S. The highest BCUT2D eigenvalue weighted by molar-refractivity contribution is 7.16. The van der Waals surface area contributed by atoms with Gasteiger partial charge in [-0.05, 0) is 55.7 Å². The SMILES string of the molecule is Cc1cc2sc(=NC(=O)COc3ccccc3C)n(C)c2cc1C. The molecule has 1 aromatic heterocycles. The van der Waals surface area contributed by atoms with Crippen LogP contribution >= 0.6 is 11.3 Å². The Labute approximate surface area is 145 Å². The molecule has 0 aliphatic carbocycles. The minimum atomic E-state index is -0.283. The summed E-state index contributed by atoms with van der Waals surface area (Å²) in [4.78, 5) is 17.1. The van der Waals surface area contributed by atoms with Crippen molar-refractivity contribution in [3.8, 4) is 5.75 Å². The first-order valence-corrected chi connectivity index (χ1v) is 8.60. The molecule has 0 saturated heterocycles. The van der Waals surface area contributed by atoms with Gasteiger partial charge in [0.05, 0.1) is 10.2 Å². The lowest BCUT2D eigenvalue weighted by Crippen LogP contribution is -2.17. The summed E-state index contributed by atoms with van der Waals surface area (Å²) in [5.41, 5.74) is 4.57. The number of ether oxygens (including phenoxy) is 1. The van der Waals surface area contributed by atoms with Crippen molar-refractivity contribution in [2.45, 2.75) is 20.8 Å². The lowest BCUT2D eigenvalue weighted by molar-refractivity contribution is -0.120. The van der Waals surface area contributed by atoms with Crippen molar-refractivity contribution in [3.05, 3.63) is 57.9 Å². The van der Waals surface area contributed by atoms with Crippen LogP contribution in [-0.4, -0.2) is 17.1 Å². The highest BCUT2D eigenvalue weighted by atomic mass is 32.1. The third-order valence-corrected chi connectivity index (χ3v) is 5.18. The Morgan fingerprint density at radius 2 is 1.83 bits per heavy atom. The molecule has 0 fully saturated rings. The van der Waals surface area contributed by atoms with E-state index in [9.17, 15) is 4.79 Å². The van der Waals surface area contributed by atoms with Crippen LogP contribution in [0.3, 0.4) is 0 Å². The van der Waals surface area contributed by atoms with Gasteiger partial charge in [-0.2, -0.15) is 4.99 Å².